The lowest BCUT2D eigenvalue weighted by Crippen LogP contribution is -2.41. The smallest absolute Gasteiger partial charge is 0.350 e. The van der Waals surface area contributed by atoms with Crippen LogP contribution in [0.3, 0.4) is 0 Å². The van der Waals surface area contributed by atoms with Crippen molar-refractivity contribution in [2.75, 3.05) is 18.4 Å². The summed E-state index contributed by atoms with van der Waals surface area (Å²) in [7, 11) is 0. The van der Waals surface area contributed by atoms with Crippen LogP contribution in [-0.2, 0) is 12.7 Å². The zero-order valence-corrected chi connectivity index (χ0v) is 14.1. The van der Waals surface area contributed by atoms with E-state index in [1.807, 2.05) is 0 Å². The van der Waals surface area contributed by atoms with Gasteiger partial charge in [-0.15, -0.1) is 11.3 Å². The maximum absolute atomic E-state index is 12.7. The molecule has 3 rings (SSSR count). The van der Waals surface area contributed by atoms with Gasteiger partial charge >= 0.3 is 6.18 Å². The molecule has 0 bridgehead atoms. The maximum Gasteiger partial charge on any atom is 0.433 e. The molecule has 1 N–H and O–H groups in total. The highest BCUT2D eigenvalue weighted by atomic mass is 32.1. The molecule has 0 aromatic carbocycles. The summed E-state index contributed by atoms with van der Waals surface area (Å²) in [6.07, 6.45) is -1.40. The topological polar surface area (TPSA) is 41.0 Å². The van der Waals surface area contributed by atoms with E-state index in [2.05, 4.69) is 39.2 Å². The Balaban J connectivity index is 1.61. The van der Waals surface area contributed by atoms with Crippen molar-refractivity contribution in [3.8, 4) is 0 Å². The summed E-state index contributed by atoms with van der Waals surface area (Å²) < 4.78 is 38.2. The van der Waals surface area contributed by atoms with E-state index >= 15 is 0 Å². The first-order chi connectivity index (χ1) is 11.4. The van der Waals surface area contributed by atoms with E-state index < -0.39 is 11.9 Å². The van der Waals surface area contributed by atoms with Gasteiger partial charge in [-0.05, 0) is 44.5 Å². The molecular weight excluding hydrogens is 337 g/mol. The van der Waals surface area contributed by atoms with Crippen LogP contribution in [0, 0.1) is 6.92 Å². The molecule has 0 saturated carbocycles. The van der Waals surface area contributed by atoms with Crippen molar-refractivity contribution in [2.24, 2.45) is 0 Å². The zero-order valence-electron chi connectivity index (χ0n) is 13.3. The molecule has 1 saturated heterocycles. The minimum Gasteiger partial charge on any atom is -0.350 e. The van der Waals surface area contributed by atoms with Gasteiger partial charge in [0.25, 0.3) is 0 Å². The molecule has 0 spiro atoms. The lowest BCUT2D eigenvalue weighted by molar-refractivity contribution is -0.141. The van der Waals surface area contributed by atoms with Crippen LogP contribution < -0.4 is 5.32 Å². The second-order valence-electron chi connectivity index (χ2n) is 5.99. The minimum atomic E-state index is -4.45. The highest BCUT2D eigenvalue weighted by Gasteiger charge is 2.33. The molecule has 8 heteroatoms. The van der Waals surface area contributed by atoms with Gasteiger partial charge in [0.05, 0.1) is 0 Å². The van der Waals surface area contributed by atoms with E-state index in [0.717, 1.165) is 44.7 Å². The summed E-state index contributed by atoms with van der Waals surface area (Å²) in [6.45, 7) is 4.73. The average Bonchev–Trinajstić information content (AvgIpc) is 2.92. The van der Waals surface area contributed by atoms with Gasteiger partial charge in [-0.2, -0.15) is 13.2 Å². The Kier molecular flexibility index (Phi) is 5.05. The highest BCUT2D eigenvalue weighted by molar-refractivity contribution is 7.11. The predicted octanol–water partition coefficient (Wildman–Crippen LogP) is 3.94. The van der Waals surface area contributed by atoms with E-state index in [1.165, 1.54) is 9.75 Å². The summed E-state index contributed by atoms with van der Waals surface area (Å²) in [6, 6.07) is 5.18. The lowest BCUT2D eigenvalue weighted by Gasteiger charge is -2.32. The fraction of sp³-hybridized carbons (Fsp3) is 0.500. The third-order valence-corrected chi connectivity index (χ3v) is 4.95. The number of piperidine rings is 1. The third kappa shape index (κ3) is 4.45. The van der Waals surface area contributed by atoms with E-state index in [4.69, 9.17) is 0 Å². The molecule has 3 heterocycles. The van der Waals surface area contributed by atoms with Crippen LogP contribution in [0.5, 0.6) is 0 Å². The lowest BCUT2D eigenvalue weighted by atomic mass is 10.1. The van der Waals surface area contributed by atoms with Crippen LogP contribution in [0.25, 0.3) is 0 Å². The van der Waals surface area contributed by atoms with E-state index in [0.29, 0.717) is 0 Å². The summed E-state index contributed by atoms with van der Waals surface area (Å²) in [4.78, 5) is 12.4. The molecule has 1 atom stereocenters. The number of rotatable bonds is 4. The van der Waals surface area contributed by atoms with Crippen molar-refractivity contribution in [1.29, 1.82) is 0 Å². The molecule has 1 fully saturated rings. The van der Waals surface area contributed by atoms with Crippen LogP contribution >= 0.6 is 11.3 Å². The second kappa shape index (κ2) is 7.06. The molecule has 130 valence electrons. The molecule has 2 aromatic rings. The summed E-state index contributed by atoms with van der Waals surface area (Å²) in [5.41, 5.74) is -0.915. The van der Waals surface area contributed by atoms with E-state index in [1.54, 1.807) is 11.3 Å². The van der Waals surface area contributed by atoms with Gasteiger partial charge in [-0.25, -0.2) is 9.97 Å². The molecular formula is C16H19F3N4S. The summed E-state index contributed by atoms with van der Waals surface area (Å²) >= 11 is 1.78. The normalized spacial score (nSPS) is 19.4. The van der Waals surface area contributed by atoms with Crippen molar-refractivity contribution in [3.63, 3.8) is 0 Å². The number of alkyl halides is 3. The fourth-order valence-corrected chi connectivity index (χ4v) is 3.81. The molecule has 4 nitrogen and oxygen atoms in total. The summed E-state index contributed by atoms with van der Waals surface area (Å²) in [5.74, 6) is 0.0450. The number of nitrogens with zero attached hydrogens (tertiary/aromatic N) is 3. The third-order valence-electron chi connectivity index (χ3n) is 3.96. The molecule has 24 heavy (non-hydrogen) atoms. The van der Waals surface area contributed by atoms with Crippen molar-refractivity contribution < 1.29 is 13.2 Å². The molecule has 0 radical (unpaired) electrons. The van der Waals surface area contributed by atoms with Crippen molar-refractivity contribution >= 4 is 17.3 Å². The Morgan fingerprint density at radius 1 is 1.33 bits per heavy atom. The number of thiophene rings is 1. The standard InChI is InChI=1S/C16H19F3N4S/c1-11-4-5-13(24-11)10-23-8-2-3-12(9-23)21-15-20-7-6-14(22-15)16(17,18)19/h4-7,12H,2-3,8-10H2,1H3,(H,20,21,22). The number of hydrogen-bond acceptors (Lipinski definition) is 5. The number of hydrogen-bond donors (Lipinski definition) is 1. The van der Waals surface area contributed by atoms with Crippen LogP contribution in [0.1, 0.15) is 28.3 Å². The van der Waals surface area contributed by atoms with Crippen molar-refractivity contribution in [2.45, 2.75) is 38.5 Å². The maximum atomic E-state index is 12.7. The Bertz CT molecular complexity index is 686. The summed E-state index contributed by atoms with van der Waals surface area (Å²) in [5, 5.41) is 3.05. The highest BCUT2D eigenvalue weighted by Crippen LogP contribution is 2.28. The van der Waals surface area contributed by atoms with Gasteiger partial charge in [0, 0.05) is 35.1 Å². The first kappa shape index (κ1) is 17.2. The Labute approximate surface area is 142 Å². The number of likely N-dealkylation sites (tertiary alicyclic amines) is 1. The zero-order chi connectivity index (χ0) is 17.2. The number of anilines is 1. The Morgan fingerprint density at radius 3 is 2.88 bits per heavy atom. The predicted molar refractivity (Wildman–Crippen MR) is 88.0 cm³/mol. The quantitative estimate of drug-likeness (QED) is 0.901. The van der Waals surface area contributed by atoms with Crippen molar-refractivity contribution in [1.82, 2.24) is 14.9 Å². The number of aryl methyl sites for hydroxylation is 1. The van der Waals surface area contributed by atoms with Crippen LogP contribution in [-0.4, -0.2) is 34.0 Å². The number of halogens is 3. The van der Waals surface area contributed by atoms with Gasteiger partial charge in [0.2, 0.25) is 5.95 Å². The molecule has 0 amide bonds. The second-order valence-corrected chi connectivity index (χ2v) is 7.37. The van der Waals surface area contributed by atoms with Crippen LogP contribution in [0.2, 0.25) is 0 Å². The van der Waals surface area contributed by atoms with Crippen LogP contribution in [0.15, 0.2) is 24.4 Å². The van der Waals surface area contributed by atoms with Gasteiger partial charge in [0.1, 0.15) is 5.69 Å². The molecule has 2 aromatic heterocycles. The van der Waals surface area contributed by atoms with E-state index in [9.17, 15) is 13.2 Å². The largest absolute Gasteiger partial charge is 0.433 e. The molecule has 1 aliphatic rings. The average molecular weight is 356 g/mol. The SMILES string of the molecule is Cc1ccc(CN2CCCC(Nc3nccc(C(F)(F)F)n3)C2)s1. The minimum absolute atomic E-state index is 0.0450. The number of aromatic nitrogens is 2. The van der Waals surface area contributed by atoms with E-state index in [-0.39, 0.29) is 12.0 Å². The first-order valence-electron chi connectivity index (χ1n) is 7.84. The van der Waals surface area contributed by atoms with Gasteiger partial charge < -0.3 is 5.32 Å². The fourth-order valence-electron chi connectivity index (χ4n) is 2.88. The Hall–Kier alpha value is -1.67. The van der Waals surface area contributed by atoms with Crippen molar-refractivity contribution in [3.05, 3.63) is 39.8 Å². The molecule has 1 unspecified atom stereocenters. The molecule has 0 aliphatic carbocycles. The van der Waals surface area contributed by atoms with Crippen LogP contribution in [0.4, 0.5) is 19.1 Å². The Morgan fingerprint density at radius 2 is 2.17 bits per heavy atom. The number of nitrogens with one attached hydrogen (secondary N) is 1. The van der Waals surface area contributed by atoms with Gasteiger partial charge in [-0.1, -0.05) is 0 Å². The molecule has 1 aliphatic heterocycles. The first-order valence-corrected chi connectivity index (χ1v) is 8.66. The van der Waals surface area contributed by atoms with Gasteiger partial charge in [-0.3, -0.25) is 4.90 Å². The monoisotopic (exact) mass is 356 g/mol. The van der Waals surface area contributed by atoms with Gasteiger partial charge in [0.15, 0.2) is 0 Å².